The minimum Gasteiger partial charge on any atom is -0.435 e. The third-order valence-electron chi connectivity index (χ3n) is 10.2. The highest BCUT2D eigenvalue weighted by Gasteiger charge is 2.69. The van der Waals surface area contributed by atoms with E-state index >= 15 is 0 Å². The predicted molar refractivity (Wildman–Crippen MR) is 164 cm³/mol. The summed E-state index contributed by atoms with van der Waals surface area (Å²) in [5, 5.41) is 8.70. The first-order valence-electron chi connectivity index (χ1n) is 16.2. The number of rotatable bonds is 12. The second-order valence-electron chi connectivity index (χ2n) is 13.1. The molecule has 0 amide bonds. The lowest BCUT2D eigenvalue weighted by Gasteiger charge is -2.59. The highest BCUT2D eigenvalue weighted by atomic mass is 35.5. The Morgan fingerprint density at radius 1 is 1.05 bits per heavy atom. The molecule has 1 aromatic heterocycles. The van der Waals surface area contributed by atoms with Gasteiger partial charge in [-0.2, -0.15) is 0 Å². The van der Waals surface area contributed by atoms with Gasteiger partial charge >= 0.3 is 5.97 Å². The Hall–Kier alpha value is -2.01. The molecule has 236 valence electrons. The molecule has 0 unspecified atom stereocenters. The number of aromatic nitrogens is 1. The van der Waals surface area contributed by atoms with Crippen molar-refractivity contribution in [2.75, 3.05) is 25.0 Å². The van der Waals surface area contributed by atoms with Gasteiger partial charge in [-0.05, 0) is 81.7 Å². The van der Waals surface area contributed by atoms with Gasteiger partial charge in [-0.3, -0.25) is 9.78 Å². The number of anilines is 1. The fourth-order valence-electron chi connectivity index (χ4n) is 7.74. The zero-order chi connectivity index (χ0) is 30.0. The molecule has 7 rings (SSSR count). The van der Waals surface area contributed by atoms with Gasteiger partial charge in [0.25, 0.3) is 0 Å². The Labute approximate surface area is 259 Å². The maximum atomic E-state index is 12.8. The molecule has 9 nitrogen and oxygen atoms in total. The number of fused-ring (bicyclic) bond motifs is 3. The number of carbonyl (C=O) groups excluding carboxylic acids is 1. The molecule has 2 bridgehead atoms. The molecule has 43 heavy (non-hydrogen) atoms. The van der Waals surface area contributed by atoms with Gasteiger partial charge < -0.3 is 24.8 Å². The van der Waals surface area contributed by atoms with E-state index in [1.54, 1.807) is 0 Å². The molecule has 10 heteroatoms. The number of ether oxygens (including phenoxy) is 3. The van der Waals surface area contributed by atoms with Crippen LogP contribution >= 0.6 is 11.6 Å². The van der Waals surface area contributed by atoms with Crippen molar-refractivity contribution in [1.82, 2.24) is 10.3 Å². The van der Waals surface area contributed by atoms with Crippen LogP contribution in [-0.4, -0.2) is 54.6 Å². The number of esters is 1. The SMILES string of the molecule is C[C@H]1[C@@H](OC(=O)CCNCCCCCCNc2ccnc3cc(Cl)ccc23)O[C@@H]2O[C@@]3(C)CC[C@H]4[C@H](C)CC[C@@H]1[C@@]24OO3. The average molecular weight is 616 g/mol. The smallest absolute Gasteiger partial charge is 0.309 e. The van der Waals surface area contributed by atoms with Crippen molar-refractivity contribution in [2.24, 2.45) is 23.7 Å². The van der Waals surface area contributed by atoms with Crippen molar-refractivity contribution in [3.05, 3.63) is 35.5 Å². The summed E-state index contributed by atoms with van der Waals surface area (Å²) in [4.78, 5) is 29.2. The molecule has 1 aromatic carbocycles. The zero-order valence-electron chi connectivity index (χ0n) is 25.6. The quantitative estimate of drug-likeness (QED) is 0.156. The highest BCUT2D eigenvalue weighted by Crippen LogP contribution is 2.60. The highest BCUT2D eigenvalue weighted by molar-refractivity contribution is 6.31. The first-order valence-corrected chi connectivity index (χ1v) is 16.6. The molecule has 5 aliphatic rings. The lowest BCUT2D eigenvalue weighted by molar-refractivity contribution is -0.576. The van der Waals surface area contributed by atoms with Gasteiger partial charge in [0, 0.05) is 53.6 Å². The summed E-state index contributed by atoms with van der Waals surface area (Å²) in [5.74, 6) is -0.163. The number of nitrogens with zero attached hydrogens (tertiary/aromatic N) is 1. The molecule has 4 aliphatic heterocycles. The number of unbranched alkanes of at least 4 members (excludes halogenated alkanes) is 3. The topological polar surface area (TPSA) is 100 Å². The molecular weight excluding hydrogens is 570 g/mol. The van der Waals surface area contributed by atoms with E-state index in [1.165, 1.54) is 0 Å². The largest absolute Gasteiger partial charge is 0.435 e. The zero-order valence-corrected chi connectivity index (χ0v) is 26.4. The number of pyridine rings is 1. The van der Waals surface area contributed by atoms with E-state index in [2.05, 4.69) is 29.5 Å². The fourth-order valence-corrected chi connectivity index (χ4v) is 7.90. The first kappa shape index (κ1) is 31.0. The van der Waals surface area contributed by atoms with Crippen LogP contribution in [0.4, 0.5) is 5.69 Å². The second-order valence-corrected chi connectivity index (χ2v) is 13.6. The van der Waals surface area contributed by atoms with Crippen LogP contribution in [0.5, 0.6) is 0 Å². The Balaban J connectivity index is 0.879. The van der Waals surface area contributed by atoms with Gasteiger partial charge in [-0.15, -0.1) is 0 Å². The third kappa shape index (κ3) is 6.40. The Morgan fingerprint density at radius 3 is 2.74 bits per heavy atom. The summed E-state index contributed by atoms with van der Waals surface area (Å²) in [5.41, 5.74) is 1.35. The van der Waals surface area contributed by atoms with Crippen molar-refractivity contribution in [3.63, 3.8) is 0 Å². The van der Waals surface area contributed by atoms with Gasteiger partial charge in [0.2, 0.25) is 12.1 Å². The van der Waals surface area contributed by atoms with Gasteiger partial charge in [-0.1, -0.05) is 38.3 Å². The van der Waals surface area contributed by atoms with Crippen LogP contribution in [0.25, 0.3) is 10.9 Å². The van der Waals surface area contributed by atoms with E-state index in [0.717, 1.165) is 81.0 Å². The predicted octanol–water partition coefficient (Wildman–Crippen LogP) is 6.59. The summed E-state index contributed by atoms with van der Waals surface area (Å²) in [7, 11) is 0. The van der Waals surface area contributed by atoms with Crippen molar-refractivity contribution in [2.45, 2.75) is 103 Å². The minimum atomic E-state index is -0.836. The number of halogens is 1. The van der Waals surface area contributed by atoms with Gasteiger partial charge in [-0.25, -0.2) is 9.78 Å². The van der Waals surface area contributed by atoms with Gasteiger partial charge in [0.1, 0.15) is 0 Å². The molecule has 2 N–H and O–H groups in total. The van der Waals surface area contributed by atoms with E-state index in [0.29, 0.717) is 29.8 Å². The molecule has 1 saturated carbocycles. The number of carbonyl (C=O) groups is 1. The van der Waals surface area contributed by atoms with E-state index in [9.17, 15) is 4.79 Å². The van der Waals surface area contributed by atoms with Crippen molar-refractivity contribution < 1.29 is 28.8 Å². The lowest BCUT2D eigenvalue weighted by Crippen LogP contribution is -2.70. The van der Waals surface area contributed by atoms with Crippen LogP contribution in [-0.2, 0) is 28.8 Å². The number of benzene rings is 1. The van der Waals surface area contributed by atoms with Crippen molar-refractivity contribution in [1.29, 1.82) is 0 Å². The maximum Gasteiger partial charge on any atom is 0.309 e. The van der Waals surface area contributed by atoms with E-state index in [1.807, 2.05) is 37.4 Å². The number of hydrogen-bond donors (Lipinski definition) is 2. The summed E-state index contributed by atoms with van der Waals surface area (Å²) >= 11 is 6.09. The average Bonchev–Trinajstić information content (AvgIpc) is 3.22. The summed E-state index contributed by atoms with van der Waals surface area (Å²) in [6.07, 6.45) is 9.13. The Bertz CT molecular complexity index is 1280. The third-order valence-corrected chi connectivity index (χ3v) is 10.4. The molecule has 1 aliphatic carbocycles. The lowest BCUT2D eigenvalue weighted by atomic mass is 9.58. The molecule has 4 saturated heterocycles. The van der Waals surface area contributed by atoms with Crippen LogP contribution in [0.2, 0.25) is 5.02 Å². The van der Waals surface area contributed by atoms with E-state index in [4.69, 9.17) is 35.6 Å². The van der Waals surface area contributed by atoms with Crippen LogP contribution in [0.1, 0.15) is 78.6 Å². The minimum absolute atomic E-state index is 0.0110. The van der Waals surface area contributed by atoms with Gasteiger partial charge in [0.05, 0.1) is 11.9 Å². The number of hydrogen-bond acceptors (Lipinski definition) is 9. The first-order chi connectivity index (χ1) is 20.8. The van der Waals surface area contributed by atoms with Crippen LogP contribution in [0.15, 0.2) is 30.5 Å². The molecule has 1 spiro atoms. The van der Waals surface area contributed by atoms with Gasteiger partial charge in [0.15, 0.2) is 11.9 Å². The van der Waals surface area contributed by atoms with Crippen molar-refractivity contribution in [3.8, 4) is 0 Å². The Morgan fingerprint density at radius 2 is 1.88 bits per heavy atom. The summed E-state index contributed by atoms with van der Waals surface area (Å²) < 4.78 is 18.6. The second kappa shape index (κ2) is 13.2. The molecule has 5 heterocycles. The molecule has 5 fully saturated rings. The van der Waals surface area contributed by atoms with Crippen LogP contribution in [0, 0.1) is 23.7 Å². The standard InChI is InChI=1S/C33H46ClN3O6/c1-21-8-11-26-22(2)30(40-31-33(26)25(21)12-15-32(3,41-31)42-43-33)39-29(38)14-18-35-16-6-4-5-7-17-36-27-13-19-37-28-20-23(34)9-10-24(27)28/h9-10,13,19-22,25-26,30-31,35H,4-8,11-12,14-18H2,1-3H3,(H,36,37)/t21-,22-,25+,26+,30+,31-,32-,33-/m1/s1. The monoisotopic (exact) mass is 615 g/mol. The fraction of sp³-hybridized carbons (Fsp3) is 0.697. The van der Waals surface area contributed by atoms with E-state index < -0.39 is 24.0 Å². The van der Waals surface area contributed by atoms with Crippen LogP contribution in [0.3, 0.4) is 0 Å². The molecular formula is C33H46ClN3O6. The molecule has 2 aromatic rings. The number of nitrogens with one attached hydrogen (secondary N) is 2. The molecule has 0 radical (unpaired) electrons. The Kier molecular flexibility index (Phi) is 9.48. The normalized spacial score (nSPS) is 34.9. The van der Waals surface area contributed by atoms with E-state index in [-0.39, 0.29) is 17.8 Å². The summed E-state index contributed by atoms with van der Waals surface area (Å²) in [6, 6.07) is 7.80. The maximum absolute atomic E-state index is 12.8. The van der Waals surface area contributed by atoms with Crippen LogP contribution < -0.4 is 10.6 Å². The molecule has 8 atom stereocenters. The summed E-state index contributed by atoms with van der Waals surface area (Å²) in [6.45, 7) is 8.68. The van der Waals surface area contributed by atoms with Crippen molar-refractivity contribution >= 4 is 34.2 Å².